The van der Waals surface area contributed by atoms with E-state index in [1.807, 2.05) is 12.1 Å². The van der Waals surface area contributed by atoms with E-state index in [9.17, 15) is 9.59 Å². The van der Waals surface area contributed by atoms with Gasteiger partial charge in [0.2, 0.25) is 0 Å². The molecule has 1 aliphatic heterocycles. The predicted molar refractivity (Wildman–Crippen MR) is 58.8 cm³/mol. The highest BCUT2D eigenvalue weighted by atomic mass is 16.5. The molecule has 5 nitrogen and oxygen atoms in total. The van der Waals surface area contributed by atoms with Crippen LogP contribution in [0.15, 0.2) is 24.3 Å². The van der Waals surface area contributed by atoms with Crippen LogP contribution in [0, 0.1) is 11.8 Å². The zero-order valence-electron chi connectivity index (χ0n) is 8.92. The highest BCUT2D eigenvalue weighted by Crippen LogP contribution is 2.58. The van der Waals surface area contributed by atoms with Crippen molar-refractivity contribution in [2.75, 3.05) is 11.9 Å². The van der Waals surface area contributed by atoms with Crippen LogP contribution in [-0.4, -0.2) is 23.8 Å². The number of esters is 1. The molecular weight excluding hydrogens is 222 g/mol. The summed E-state index contributed by atoms with van der Waals surface area (Å²) in [6.45, 7) is 0.517. The third-order valence-electron chi connectivity index (χ3n) is 3.41. The van der Waals surface area contributed by atoms with Crippen molar-refractivity contribution in [3.8, 4) is 0 Å². The smallest absolute Gasteiger partial charge is 0.409 e. The Hall–Kier alpha value is -2.04. The summed E-state index contributed by atoms with van der Waals surface area (Å²) >= 11 is 0. The van der Waals surface area contributed by atoms with E-state index in [0.29, 0.717) is 18.2 Å². The number of hydrogen-bond donors (Lipinski definition) is 2. The number of nitrogens with one attached hydrogen (secondary N) is 1. The molecule has 0 unspecified atom stereocenters. The Morgan fingerprint density at radius 3 is 2.53 bits per heavy atom. The maximum atomic E-state index is 11.3. The van der Waals surface area contributed by atoms with Gasteiger partial charge in [0.1, 0.15) is 0 Å². The highest BCUT2D eigenvalue weighted by Gasteiger charge is 2.60. The summed E-state index contributed by atoms with van der Waals surface area (Å²) in [5.74, 6) is 0.497. The van der Waals surface area contributed by atoms with Crippen LogP contribution in [-0.2, 0) is 9.53 Å². The van der Waals surface area contributed by atoms with Crippen molar-refractivity contribution in [3.63, 3.8) is 0 Å². The van der Waals surface area contributed by atoms with E-state index in [2.05, 4.69) is 5.32 Å². The Kier molecular flexibility index (Phi) is 2.07. The van der Waals surface area contributed by atoms with Gasteiger partial charge in [-0.2, -0.15) is 0 Å². The van der Waals surface area contributed by atoms with Gasteiger partial charge in [-0.05, 0) is 17.7 Å². The Bertz CT molecular complexity index is 482. The van der Waals surface area contributed by atoms with Gasteiger partial charge in [0.25, 0.3) is 0 Å². The van der Waals surface area contributed by atoms with Crippen LogP contribution in [0.2, 0.25) is 0 Å². The lowest BCUT2D eigenvalue weighted by Crippen LogP contribution is -2.07. The fourth-order valence-corrected chi connectivity index (χ4v) is 2.54. The van der Waals surface area contributed by atoms with E-state index < -0.39 is 6.09 Å². The topological polar surface area (TPSA) is 75.6 Å². The quantitative estimate of drug-likeness (QED) is 0.762. The van der Waals surface area contributed by atoms with Gasteiger partial charge in [0.15, 0.2) is 0 Å². The van der Waals surface area contributed by atoms with E-state index in [1.165, 1.54) is 0 Å². The van der Waals surface area contributed by atoms with Gasteiger partial charge in [0.05, 0.1) is 12.5 Å². The molecule has 1 aliphatic carbocycles. The number of benzene rings is 1. The average Bonchev–Trinajstić information content (AvgIpc) is 2.89. The second-order valence-corrected chi connectivity index (χ2v) is 4.40. The van der Waals surface area contributed by atoms with E-state index >= 15 is 0 Å². The summed E-state index contributed by atoms with van der Waals surface area (Å²) in [6.07, 6.45) is -1.08. The Morgan fingerprint density at radius 2 is 2.00 bits per heavy atom. The SMILES string of the molecule is O=C(O)Nc1ccc([C@@H]2[C@H]3COC(=O)[C@H]32)cc1. The fourth-order valence-electron chi connectivity index (χ4n) is 2.54. The molecule has 1 saturated carbocycles. The molecule has 1 amide bonds. The van der Waals surface area contributed by atoms with E-state index in [4.69, 9.17) is 9.84 Å². The lowest BCUT2D eigenvalue weighted by Gasteiger charge is -2.06. The maximum absolute atomic E-state index is 11.3. The lowest BCUT2D eigenvalue weighted by molar-refractivity contribution is -0.141. The first kappa shape index (κ1) is 10.1. The van der Waals surface area contributed by atoms with Crippen molar-refractivity contribution >= 4 is 17.7 Å². The third-order valence-corrected chi connectivity index (χ3v) is 3.41. The second-order valence-electron chi connectivity index (χ2n) is 4.40. The average molecular weight is 233 g/mol. The van der Waals surface area contributed by atoms with E-state index in [1.54, 1.807) is 12.1 Å². The number of ether oxygens (including phenoxy) is 1. The summed E-state index contributed by atoms with van der Waals surface area (Å²) in [6, 6.07) is 7.15. The summed E-state index contributed by atoms with van der Waals surface area (Å²) in [5.41, 5.74) is 1.61. The number of carbonyl (C=O) groups is 2. The van der Waals surface area contributed by atoms with Crippen molar-refractivity contribution in [2.45, 2.75) is 5.92 Å². The minimum Gasteiger partial charge on any atom is -0.465 e. The molecule has 1 saturated heterocycles. The number of anilines is 1. The molecular formula is C12H11NO4. The Labute approximate surface area is 97.4 Å². The van der Waals surface area contributed by atoms with Gasteiger partial charge >= 0.3 is 12.1 Å². The van der Waals surface area contributed by atoms with Crippen LogP contribution in [0.25, 0.3) is 0 Å². The normalized spacial score (nSPS) is 29.4. The minimum atomic E-state index is -1.08. The van der Waals surface area contributed by atoms with Crippen molar-refractivity contribution in [1.29, 1.82) is 0 Å². The van der Waals surface area contributed by atoms with Crippen LogP contribution in [0.1, 0.15) is 11.5 Å². The molecule has 3 rings (SSSR count). The molecule has 2 aliphatic rings. The Balaban J connectivity index is 1.74. The summed E-state index contributed by atoms with van der Waals surface area (Å²) in [4.78, 5) is 21.7. The molecule has 0 radical (unpaired) electrons. The van der Waals surface area contributed by atoms with Crippen LogP contribution in [0.4, 0.5) is 10.5 Å². The van der Waals surface area contributed by atoms with Gasteiger partial charge in [-0.25, -0.2) is 4.79 Å². The zero-order valence-corrected chi connectivity index (χ0v) is 8.92. The summed E-state index contributed by atoms with van der Waals surface area (Å²) < 4.78 is 4.91. The van der Waals surface area contributed by atoms with Crippen molar-refractivity contribution < 1.29 is 19.4 Å². The third kappa shape index (κ3) is 1.63. The van der Waals surface area contributed by atoms with Crippen LogP contribution < -0.4 is 5.32 Å². The number of carboxylic acid groups (broad SMARTS) is 1. The molecule has 0 spiro atoms. The molecule has 17 heavy (non-hydrogen) atoms. The predicted octanol–water partition coefficient (Wildman–Crippen LogP) is 1.66. The molecule has 2 fully saturated rings. The van der Waals surface area contributed by atoms with Crippen LogP contribution in [0.5, 0.6) is 0 Å². The molecule has 88 valence electrons. The Morgan fingerprint density at radius 1 is 1.29 bits per heavy atom. The van der Waals surface area contributed by atoms with Crippen LogP contribution >= 0.6 is 0 Å². The largest absolute Gasteiger partial charge is 0.465 e. The first-order valence-electron chi connectivity index (χ1n) is 5.43. The minimum absolute atomic E-state index is 0.0216. The standard InChI is InChI=1S/C12H11NO4/c14-11-10-8(5-17-11)9(10)6-1-3-7(4-2-6)13-12(15)16/h1-4,8-10,13H,5H2,(H,15,16)/t8-,9-,10-/m1/s1. The number of rotatable bonds is 2. The molecule has 1 aromatic carbocycles. The van der Waals surface area contributed by atoms with Gasteiger partial charge in [-0.1, -0.05) is 12.1 Å². The van der Waals surface area contributed by atoms with Crippen LogP contribution in [0.3, 0.4) is 0 Å². The second kappa shape index (κ2) is 3.48. The summed E-state index contributed by atoms with van der Waals surface area (Å²) in [5, 5.41) is 10.8. The van der Waals surface area contributed by atoms with Crippen molar-refractivity contribution in [2.24, 2.45) is 11.8 Å². The zero-order chi connectivity index (χ0) is 12.0. The first-order chi connectivity index (χ1) is 8.16. The fraction of sp³-hybridized carbons (Fsp3) is 0.333. The first-order valence-corrected chi connectivity index (χ1v) is 5.43. The number of carbonyl (C=O) groups excluding carboxylic acids is 1. The molecule has 2 N–H and O–H groups in total. The van der Waals surface area contributed by atoms with Crippen molar-refractivity contribution in [1.82, 2.24) is 0 Å². The monoisotopic (exact) mass is 233 g/mol. The number of fused-ring (bicyclic) bond motifs is 1. The number of hydrogen-bond acceptors (Lipinski definition) is 3. The molecule has 5 heteroatoms. The van der Waals surface area contributed by atoms with Gasteiger partial charge < -0.3 is 9.84 Å². The molecule has 1 aromatic rings. The number of amides is 1. The molecule has 1 heterocycles. The van der Waals surface area contributed by atoms with Gasteiger partial charge in [0, 0.05) is 17.5 Å². The van der Waals surface area contributed by atoms with E-state index in [-0.39, 0.29) is 17.8 Å². The molecule has 0 bridgehead atoms. The highest BCUT2D eigenvalue weighted by molar-refractivity contribution is 5.83. The lowest BCUT2D eigenvalue weighted by atomic mass is 10.1. The molecule has 0 aromatic heterocycles. The van der Waals surface area contributed by atoms with Gasteiger partial charge in [-0.3, -0.25) is 10.1 Å². The summed E-state index contributed by atoms with van der Waals surface area (Å²) in [7, 11) is 0. The maximum Gasteiger partial charge on any atom is 0.409 e. The van der Waals surface area contributed by atoms with Crippen molar-refractivity contribution in [3.05, 3.63) is 29.8 Å². The van der Waals surface area contributed by atoms with E-state index in [0.717, 1.165) is 5.56 Å². The molecule has 3 atom stereocenters. The number of cyclic esters (lactones) is 1. The van der Waals surface area contributed by atoms with Gasteiger partial charge in [-0.15, -0.1) is 0 Å².